The standard InChI is InChI=1S/C15H30N4O2/c1-3-5-6-7-8-9-10-11-12-18-14-19(17-16-18)13-15(20)21-4-2/h3-14H2,1-2H3. The Labute approximate surface area is 128 Å². The normalized spacial score (nSPS) is 14.0. The van der Waals surface area contributed by atoms with E-state index in [9.17, 15) is 4.79 Å². The molecule has 122 valence electrons. The number of hydrogen-bond donors (Lipinski definition) is 0. The molecule has 0 N–H and O–H groups in total. The van der Waals surface area contributed by atoms with Gasteiger partial charge >= 0.3 is 5.97 Å². The SMILES string of the molecule is CCCCCCCCCCN1CN(CC(=O)OCC)N=N1. The van der Waals surface area contributed by atoms with E-state index in [1.54, 1.807) is 11.9 Å². The summed E-state index contributed by atoms with van der Waals surface area (Å²) in [5, 5.41) is 11.6. The molecular formula is C15H30N4O2. The maximum absolute atomic E-state index is 11.3. The number of esters is 1. The predicted octanol–water partition coefficient (Wildman–Crippen LogP) is 3.55. The van der Waals surface area contributed by atoms with Crippen LogP contribution in [-0.2, 0) is 9.53 Å². The highest BCUT2D eigenvalue weighted by molar-refractivity contribution is 5.71. The minimum Gasteiger partial charge on any atom is -0.465 e. The third-order valence-electron chi connectivity index (χ3n) is 3.51. The zero-order valence-electron chi connectivity index (χ0n) is 13.6. The molecule has 6 heteroatoms. The van der Waals surface area contributed by atoms with Crippen LogP contribution >= 0.6 is 0 Å². The van der Waals surface area contributed by atoms with Gasteiger partial charge in [0.1, 0.15) is 13.2 Å². The van der Waals surface area contributed by atoms with E-state index >= 15 is 0 Å². The largest absolute Gasteiger partial charge is 0.465 e. The molecule has 0 unspecified atom stereocenters. The van der Waals surface area contributed by atoms with Crippen molar-refractivity contribution < 1.29 is 9.53 Å². The predicted molar refractivity (Wildman–Crippen MR) is 82.4 cm³/mol. The summed E-state index contributed by atoms with van der Waals surface area (Å²) >= 11 is 0. The minimum atomic E-state index is -0.245. The number of nitrogens with zero attached hydrogens (tertiary/aromatic N) is 4. The Bertz CT molecular complexity index is 310. The maximum Gasteiger partial charge on any atom is 0.327 e. The summed E-state index contributed by atoms with van der Waals surface area (Å²) in [7, 11) is 0. The zero-order chi connectivity index (χ0) is 15.3. The van der Waals surface area contributed by atoms with Gasteiger partial charge < -0.3 is 4.74 Å². The molecule has 0 aromatic rings. The fourth-order valence-electron chi connectivity index (χ4n) is 2.34. The summed E-state index contributed by atoms with van der Waals surface area (Å²) in [4.78, 5) is 11.3. The molecule has 0 amide bonds. The Morgan fingerprint density at radius 2 is 1.57 bits per heavy atom. The van der Waals surface area contributed by atoms with Gasteiger partial charge in [-0.05, 0) is 13.3 Å². The number of carbonyl (C=O) groups excluding carboxylic acids is 1. The lowest BCUT2D eigenvalue weighted by molar-refractivity contribution is -0.144. The highest BCUT2D eigenvalue weighted by atomic mass is 16.5. The smallest absolute Gasteiger partial charge is 0.327 e. The van der Waals surface area contributed by atoms with Gasteiger partial charge in [0, 0.05) is 6.54 Å². The van der Waals surface area contributed by atoms with Crippen molar-refractivity contribution in [3.8, 4) is 0 Å². The zero-order valence-corrected chi connectivity index (χ0v) is 13.6. The van der Waals surface area contributed by atoms with E-state index in [0.29, 0.717) is 13.3 Å². The lowest BCUT2D eigenvalue weighted by atomic mass is 10.1. The third kappa shape index (κ3) is 8.52. The average molecular weight is 298 g/mol. The molecule has 0 aliphatic carbocycles. The monoisotopic (exact) mass is 298 g/mol. The number of hydrogen-bond acceptors (Lipinski definition) is 6. The average Bonchev–Trinajstić information content (AvgIpc) is 2.89. The van der Waals surface area contributed by atoms with Crippen LogP contribution in [0, 0.1) is 0 Å². The second-order valence-electron chi connectivity index (χ2n) is 5.49. The molecule has 0 fully saturated rings. The van der Waals surface area contributed by atoms with Crippen molar-refractivity contribution in [3.63, 3.8) is 0 Å². The van der Waals surface area contributed by atoms with Crippen LogP contribution in [-0.4, -0.2) is 42.4 Å². The van der Waals surface area contributed by atoms with Gasteiger partial charge in [0.25, 0.3) is 0 Å². The molecule has 0 radical (unpaired) electrons. The van der Waals surface area contributed by atoms with Crippen LogP contribution in [0.4, 0.5) is 0 Å². The third-order valence-corrected chi connectivity index (χ3v) is 3.51. The fraction of sp³-hybridized carbons (Fsp3) is 0.933. The van der Waals surface area contributed by atoms with Crippen LogP contribution in [0.5, 0.6) is 0 Å². The topological polar surface area (TPSA) is 57.5 Å². The van der Waals surface area contributed by atoms with Crippen LogP contribution in [0.25, 0.3) is 0 Å². The molecule has 21 heavy (non-hydrogen) atoms. The van der Waals surface area contributed by atoms with Gasteiger partial charge in [-0.1, -0.05) is 62.3 Å². The molecule has 1 aliphatic heterocycles. The van der Waals surface area contributed by atoms with E-state index in [2.05, 4.69) is 17.4 Å². The van der Waals surface area contributed by atoms with E-state index in [0.717, 1.165) is 13.0 Å². The van der Waals surface area contributed by atoms with E-state index in [4.69, 9.17) is 4.74 Å². The summed E-state index contributed by atoms with van der Waals surface area (Å²) in [6.45, 7) is 6.15. The van der Waals surface area contributed by atoms with Gasteiger partial charge in [-0.3, -0.25) is 9.80 Å². The fourth-order valence-corrected chi connectivity index (χ4v) is 2.34. The molecule has 0 saturated heterocycles. The van der Waals surface area contributed by atoms with Gasteiger partial charge in [0.2, 0.25) is 0 Å². The lowest BCUT2D eigenvalue weighted by Gasteiger charge is -2.15. The quantitative estimate of drug-likeness (QED) is 0.408. The summed E-state index contributed by atoms with van der Waals surface area (Å²) in [5.41, 5.74) is 0. The van der Waals surface area contributed by atoms with Crippen LogP contribution in [0.1, 0.15) is 65.2 Å². The molecule has 0 spiro atoms. The van der Waals surface area contributed by atoms with Crippen molar-refractivity contribution in [2.75, 3.05) is 26.4 Å². The summed E-state index contributed by atoms with van der Waals surface area (Å²) in [6.07, 6.45) is 10.4. The Morgan fingerprint density at radius 3 is 2.24 bits per heavy atom. The number of carbonyl (C=O) groups is 1. The number of ether oxygens (including phenoxy) is 1. The van der Waals surface area contributed by atoms with Gasteiger partial charge in [0.05, 0.1) is 6.61 Å². The van der Waals surface area contributed by atoms with E-state index in [1.807, 2.05) is 5.01 Å². The molecule has 6 nitrogen and oxygen atoms in total. The molecular weight excluding hydrogens is 268 g/mol. The first-order chi connectivity index (χ1) is 10.3. The van der Waals surface area contributed by atoms with E-state index in [1.165, 1.54) is 44.9 Å². The lowest BCUT2D eigenvalue weighted by Crippen LogP contribution is -2.30. The van der Waals surface area contributed by atoms with Crippen molar-refractivity contribution in [1.29, 1.82) is 0 Å². The van der Waals surface area contributed by atoms with Crippen molar-refractivity contribution in [2.45, 2.75) is 65.2 Å². The van der Waals surface area contributed by atoms with Gasteiger partial charge in [-0.15, -0.1) is 0 Å². The van der Waals surface area contributed by atoms with Gasteiger partial charge in [0.15, 0.2) is 0 Å². The highest BCUT2D eigenvalue weighted by Gasteiger charge is 2.18. The summed E-state index contributed by atoms with van der Waals surface area (Å²) in [6, 6.07) is 0. The molecule has 0 atom stereocenters. The Kier molecular flexibility index (Phi) is 9.57. The van der Waals surface area contributed by atoms with Crippen molar-refractivity contribution >= 4 is 5.97 Å². The van der Waals surface area contributed by atoms with Gasteiger partial charge in [-0.25, -0.2) is 5.01 Å². The first kappa shape index (κ1) is 17.7. The second kappa shape index (κ2) is 11.3. The van der Waals surface area contributed by atoms with Crippen LogP contribution < -0.4 is 0 Å². The van der Waals surface area contributed by atoms with Crippen molar-refractivity contribution in [2.24, 2.45) is 10.4 Å². The first-order valence-electron chi connectivity index (χ1n) is 8.33. The molecule has 1 aliphatic rings. The molecule has 1 heterocycles. The summed E-state index contributed by atoms with van der Waals surface area (Å²) < 4.78 is 4.89. The molecule has 0 saturated carbocycles. The van der Waals surface area contributed by atoms with E-state index in [-0.39, 0.29) is 12.5 Å². The Morgan fingerprint density at radius 1 is 0.952 bits per heavy atom. The van der Waals surface area contributed by atoms with Crippen LogP contribution in [0.15, 0.2) is 10.4 Å². The molecule has 0 aromatic heterocycles. The highest BCUT2D eigenvalue weighted by Crippen LogP contribution is 2.11. The molecule has 0 aromatic carbocycles. The van der Waals surface area contributed by atoms with Crippen molar-refractivity contribution in [1.82, 2.24) is 10.0 Å². The first-order valence-corrected chi connectivity index (χ1v) is 8.33. The Balaban J connectivity index is 1.95. The van der Waals surface area contributed by atoms with E-state index < -0.39 is 0 Å². The minimum absolute atomic E-state index is 0.186. The maximum atomic E-state index is 11.3. The number of unbranched alkanes of at least 4 members (excludes halogenated alkanes) is 7. The van der Waals surface area contributed by atoms with Crippen molar-refractivity contribution in [3.05, 3.63) is 0 Å². The van der Waals surface area contributed by atoms with Gasteiger partial charge in [-0.2, -0.15) is 0 Å². The summed E-state index contributed by atoms with van der Waals surface area (Å²) in [5.74, 6) is -0.245. The van der Waals surface area contributed by atoms with Crippen LogP contribution in [0.2, 0.25) is 0 Å². The second-order valence-corrected chi connectivity index (χ2v) is 5.49. The Hall–Kier alpha value is -1.33. The van der Waals surface area contributed by atoms with Crippen LogP contribution in [0.3, 0.4) is 0 Å². The number of rotatable bonds is 12. The molecule has 1 rings (SSSR count). The molecule has 0 bridgehead atoms.